The van der Waals surface area contributed by atoms with Gasteiger partial charge in [0.15, 0.2) is 0 Å². The van der Waals surface area contributed by atoms with Crippen LogP contribution in [-0.2, 0) is 0 Å². The van der Waals surface area contributed by atoms with Gasteiger partial charge in [-0.05, 0) is 24.3 Å². The first-order valence-electron chi connectivity index (χ1n) is 8.99. The van der Waals surface area contributed by atoms with Crippen LogP contribution in [0.1, 0.15) is 32.3 Å². The molecule has 1 unspecified atom stereocenters. The van der Waals surface area contributed by atoms with Crippen molar-refractivity contribution in [3.05, 3.63) is 65.2 Å². The third-order valence-electron chi connectivity index (χ3n) is 4.76. The van der Waals surface area contributed by atoms with Crippen molar-refractivity contribution in [3.8, 4) is 5.75 Å². The molecule has 2 aromatic carbocycles. The first kappa shape index (κ1) is 21.7. The molecule has 6 nitrogen and oxygen atoms in total. The van der Waals surface area contributed by atoms with Gasteiger partial charge in [0.05, 0.1) is 13.2 Å². The summed E-state index contributed by atoms with van der Waals surface area (Å²) in [6.07, 6.45) is 0. The summed E-state index contributed by atoms with van der Waals surface area (Å²) in [4.78, 5) is 28.9. The normalized spacial score (nSPS) is 16.1. The Morgan fingerprint density at radius 3 is 2.54 bits per heavy atom. The van der Waals surface area contributed by atoms with Crippen molar-refractivity contribution in [1.29, 1.82) is 0 Å². The molecule has 1 heterocycles. The molecule has 28 heavy (non-hydrogen) atoms. The van der Waals surface area contributed by atoms with Crippen LogP contribution in [0.3, 0.4) is 0 Å². The predicted octanol–water partition coefficient (Wildman–Crippen LogP) is 2.61. The number of nitrogens with one attached hydrogen (secondary N) is 1. The average Bonchev–Trinajstić information content (AvgIpc) is 2.72. The Morgan fingerprint density at radius 1 is 1.11 bits per heavy atom. The maximum atomic E-state index is 13.3. The molecule has 2 aromatic rings. The Balaban J connectivity index is 0.00000280. The molecule has 1 N–H and O–H groups in total. The lowest BCUT2D eigenvalue weighted by molar-refractivity contribution is 0.0631. The Kier molecular flexibility index (Phi) is 7.43. The fourth-order valence-electron chi connectivity index (χ4n) is 3.38. The lowest BCUT2D eigenvalue weighted by Gasteiger charge is -2.37. The van der Waals surface area contributed by atoms with Crippen LogP contribution in [0.2, 0.25) is 0 Å². The number of nitrogens with zero attached hydrogens (tertiary/aromatic N) is 2. The molecular formula is C21H26ClN3O3. The minimum absolute atomic E-state index is 0. The van der Waals surface area contributed by atoms with Gasteiger partial charge in [-0.1, -0.05) is 24.3 Å². The predicted molar refractivity (Wildman–Crippen MR) is 111 cm³/mol. The van der Waals surface area contributed by atoms with E-state index in [2.05, 4.69) is 5.32 Å². The molecule has 0 radical (unpaired) electrons. The Bertz CT molecular complexity index is 841. The van der Waals surface area contributed by atoms with Crippen molar-refractivity contribution < 1.29 is 14.3 Å². The van der Waals surface area contributed by atoms with Crippen molar-refractivity contribution in [3.63, 3.8) is 0 Å². The smallest absolute Gasteiger partial charge is 0.254 e. The standard InChI is InChI=1S/C21H25N3O3.ClH/c1-23(2)20(25)15-7-6-8-16(13-15)21(26)24-12-11-22-14-18(24)17-9-4-5-10-19(17)27-3;/h4-10,13,18,22H,11-12,14H2,1-3H3;1H. The summed E-state index contributed by atoms with van der Waals surface area (Å²) in [6, 6.07) is 14.6. The highest BCUT2D eigenvalue weighted by Gasteiger charge is 2.30. The van der Waals surface area contributed by atoms with Crippen molar-refractivity contribution in [2.45, 2.75) is 6.04 Å². The summed E-state index contributed by atoms with van der Waals surface area (Å²) >= 11 is 0. The molecule has 0 saturated carbocycles. The van der Waals surface area contributed by atoms with Crippen LogP contribution < -0.4 is 10.1 Å². The SMILES string of the molecule is COc1ccccc1C1CNCCN1C(=O)c1cccc(C(=O)N(C)C)c1.Cl. The monoisotopic (exact) mass is 403 g/mol. The molecule has 1 aliphatic heterocycles. The van der Waals surface area contributed by atoms with Crippen molar-refractivity contribution in [1.82, 2.24) is 15.1 Å². The maximum absolute atomic E-state index is 13.3. The third-order valence-corrected chi connectivity index (χ3v) is 4.76. The Hall–Kier alpha value is -2.57. The number of methoxy groups -OCH3 is 1. The topological polar surface area (TPSA) is 61.9 Å². The molecule has 1 saturated heterocycles. The van der Waals surface area contributed by atoms with Crippen molar-refractivity contribution in [2.75, 3.05) is 40.8 Å². The van der Waals surface area contributed by atoms with Gasteiger partial charge in [0, 0.05) is 50.4 Å². The number of carbonyl (C=O) groups is 2. The number of halogens is 1. The number of para-hydroxylation sites is 1. The van der Waals surface area contributed by atoms with Gasteiger partial charge in [0.1, 0.15) is 5.75 Å². The lowest BCUT2D eigenvalue weighted by atomic mass is 10.00. The van der Waals surface area contributed by atoms with E-state index in [0.29, 0.717) is 24.2 Å². The number of hydrogen-bond acceptors (Lipinski definition) is 4. The fraction of sp³-hybridized carbons (Fsp3) is 0.333. The number of hydrogen-bond donors (Lipinski definition) is 1. The molecule has 1 aliphatic rings. The number of benzene rings is 2. The van der Waals surface area contributed by atoms with Crippen LogP contribution in [-0.4, -0.2) is 62.5 Å². The molecule has 0 spiro atoms. The van der Waals surface area contributed by atoms with Crippen molar-refractivity contribution >= 4 is 24.2 Å². The molecule has 7 heteroatoms. The maximum Gasteiger partial charge on any atom is 0.254 e. The molecule has 0 bridgehead atoms. The summed E-state index contributed by atoms with van der Waals surface area (Å²) in [6.45, 7) is 1.98. The third kappa shape index (κ3) is 4.46. The first-order chi connectivity index (χ1) is 13.0. The summed E-state index contributed by atoms with van der Waals surface area (Å²) in [5, 5.41) is 3.36. The zero-order valence-corrected chi connectivity index (χ0v) is 17.2. The van der Waals surface area contributed by atoms with Gasteiger partial charge in [-0.3, -0.25) is 9.59 Å². The summed E-state index contributed by atoms with van der Waals surface area (Å²) in [5.41, 5.74) is 2.00. The first-order valence-corrected chi connectivity index (χ1v) is 8.99. The van der Waals surface area contributed by atoms with Gasteiger partial charge in [0.25, 0.3) is 11.8 Å². The van der Waals surface area contributed by atoms with Crippen LogP contribution >= 0.6 is 12.4 Å². The highest BCUT2D eigenvalue weighted by Crippen LogP contribution is 2.31. The van der Waals surface area contributed by atoms with E-state index in [0.717, 1.165) is 17.9 Å². The molecule has 0 aliphatic carbocycles. The highest BCUT2D eigenvalue weighted by molar-refractivity contribution is 5.99. The van der Waals surface area contributed by atoms with E-state index in [4.69, 9.17) is 4.74 Å². The van der Waals surface area contributed by atoms with Crippen LogP contribution in [0, 0.1) is 0 Å². The molecule has 0 aromatic heterocycles. The summed E-state index contributed by atoms with van der Waals surface area (Å²) in [5.74, 6) is 0.563. The van der Waals surface area contributed by atoms with E-state index in [1.807, 2.05) is 29.2 Å². The number of carbonyl (C=O) groups excluding carboxylic acids is 2. The van der Waals surface area contributed by atoms with Crippen molar-refractivity contribution in [2.24, 2.45) is 0 Å². The minimum Gasteiger partial charge on any atom is -0.496 e. The van der Waals surface area contributed by atoms with Gasteiger partial charge >= 0.3 is 0 Å². The Labute approximate surface area is 171 Å². The largest absolute Gasteiger partial charge is 0.496 e. The fourth-order valence-corrected chi connectivity index (χ4v) is 3.38. The average molecular weight is 404 g/mol. The quantitative estimate of drug-likeness (QED) is 0.852. The van der Waals surface area contributed by atoms with E-state index in [1.54, 1.807) is 45.5 Å². The zero-order chi connectivity index (χ0) is 19.4. The lowest BCUT2D eigenvalue weighted by Crippen LogP contribution is -2.48. The van der Waals surface area contributed by atoms with Gasteiger partial charge in [-0.15, -0.1) is 12.4 Å². The second-order valence-corrected chi connectivity index (χ2v) is 6.74. The highest BCUT2D eigenvalue weighted by atomic mass is 35.5. The number of amides is 2. The summed E-state index contributed by atoms with van der Waals surface area (Å²) < 4.78 is 5.49. The molecule has 2 amide bonds. The Morgan fingerprint density at radius 2 is 1.82 bits per heavy atom. The number of ether oxygens (including phenoxy) is 1. The molecule has 3 rings (SSSR count). The molecule has 150 valence electrons. The van der Waals surface area contributed by atoms with E-state index in [-0.39, 0.29) is 30.3 Å². The van der Waals surface area contributed by atoms with E-state index in [9.17, 15) is 9.59 Å². The van der Waals surface area contributed by atoms with E-state index >= 15 is 0 Å². The molecular weight excluding hydrogens is 378 g/mol. The molecule has 1 atom stereocenters. The van der Waals surface area contributed by atoms with Gasteiger partial charge < -0.3 is 19.9 Å². The van der Waals surface area contributed by atoms with Gasteiger partial charge in [0.2, 0.25) is 0 Å². The van der Waals surface area contributed by atoms with Gasteiger partial charge in [-0.2, -0.15) is 0 Å². The van der Waals surface area contributed by atoms with E-state index < -0.39 is 0 Å². The van der Waals surface area contributed by atoms with E-state index in [1.165, 1.54) is 4.90 Å². The summed E-state index contributed by atoms with van der Waals surface area (Å²) in [7, 11) is 5.03. The van der Waals surface area contributed by atoms with Gasteiger partial charge in [-0.25, -0.2) is 0 Å². The number of rotatable bonds is 4. The minimum atomic E-state index is -0.129. The van der Waals surface area contributed by atoms with Crippen LogP contribution in [0.5, 0.6) is 5.75 Å². The second kappa shape index (κ2) is 9.57. The van der Waals surface area contributed by atoms with Crippen LogP contribution in [0.25, 0.3) is 0 Å². The zero-order valence-electron chi connectivity index (χ0n) is 16.3. The van der Waals surface area contributed by atoms with Crippen LogP contribution in [0.4, 0.5) is 0 Å². The van der Waals surface area contributed by atoms with Crippen LogP contribution in [0.15, 0.2) is 48.5 Å². The second-order valence-electron chi connectivity index (χ2n) is 6.74. The molecule has 1 fully saturated rings. The number of piperazine rings is 1.